The zero-order chi connectivity index (χ0) is 21.8. The first-order chi connectivity index (χ1) is 15.1. The number of ether oxygens (including phenoxy) is 3. The van der Waals surface area contributed by atoms with Crippen LogP contribution in [0.5, 0.6) is 11.5 Å². The first-order valence-electron chi connectivity index (χ1n) is 10.7. The van der Waals surface area contributed by atoms with Crippen LogP contribution in [0.4, 0.5) is 5.82 Å². The van der Waals surface area contributed by atoms with Crippen LogP contribution in [0.3, 0.4) is 0 Å². The Hall–Kier alpha value is -2.84. The van der Waals surface area contributed by atoms with Gasteiger partial charge in [-0.05, 0) is 38.8 Å². The number of nitrogens with one attached hydrogen (secondary N) is 1. The van der Waals surface area contributed by atoms with Gasteiger partial charge in [-0.2, -0.15) is 9.61 Å². The maximum atomic E-state index is 10.5. The maximum absolute atomic E-state index is 10.5. The third-order valence-corrected chi connectivity index (χ3v) is 5.75. The lowest BCUT2D eigenvalue weighted by Crippen LogP contribution is -2.27. The Labute approximate surface area is 182 Å². The summed E-state index contributed by atoms with van der Waals surface area (Å²) in [5, 5.41) is 18.7. The summed E-state index contributed by atoms with van der Waals surface area (Å²) in [5.41, 5.74) is 3.80. The van der Waals surface area contributed by atoms with E-state index in [4.69, 9.17) is 24.3 Å². The summed E-state index contributed by atoms with van der Waals surface area (Å²) in [4.78, 5) is 4.70. The lowest BCUT2D eigenvalue weighted by atomic mass is 9.97. The Kier molecular flexibility index (Phi) is 6.58. The minimum atomic E-state index is -0.710. The zero-order valence-corrected chi connectivity index (χ0v) is 18.3. The van der Waals surface area contributed by atoms with Crippen molar-refractivity contribution in [2.45, 2.75) is 38.7 Å². The molecule has 3 aromatic rings. The van der Waals surface area contributed by atoms with Crippen molar-refractivity contribution in [2.24, 2.45) is 0 Å². The van der Waals surface area contributed by atoms with Gasteiger partial charge in [0.15, 0.2) is 17.1 Å². The summed E-state index contributed by atoms with van der Waals surface area (Å²) in [5.74, 6) is 2.48. The van der Waals surface area contributed by atoms with E-state index in [-0.39, 0.29) is 6.61 Å². The molecule has 2 aromatic heterocycles. The standard InChI is InChI=1S/C23H30N4O4/c1-15-16(2)25-22-12-19(17-8-10-30-11-9-17)26-27(22)23(15)24-13-18(28)14-31-21-7-5-4-6-20(21)29-3/h4-7,12,17-18,24,28H,8-11,13-14H2,1-3H3. The number of aliphatic hydroxyl groups is 1. The molecule has 0 aliphatic carbocycles. The predicted octanol–water partition coefficient (Wildman–Crippen LogP) is 3.10. The second kappa shape index (κ2) is 9.53. The SMILES string of the molecule is COc1ccccc1OCC(O)CNc1c(C)c(C)nc2cc(C3CCOCC3)nn12. The number of rotatable bonds is 8. The van der Waals surface area contributed by atoms with Crippen LogP contribution in [0.1, 0.15) is 35.7 Å². The quantitative estimate of drug-likeness (QED) is 0.572. The molecule has 0 saturated carbocycles. The fraction of sp³-hybridized carbons (Fsp3) is 0.478. The van der Waals surface area contributed by atoms with Crippen LogP contribution < -0.4 is 14.8 Å². The number of benzene rings is 1. The topological polar surface area (TPSA) is 90.1 Å². The molecule has 3 heterocycles. The summed E-state index contributed by atoms with van der Waals surface area (Å²) in [6, 6.07) is 9.46. The summed E-state index contributed by atoms with van der Waals surface area (Å²) < 4.78 is 18.4. The molecular weight excluding hydrogens is 396 g/mol. The molecule has 1 saturated heterocycles. The first kappa shape index (κ1) is 21.4. The highest BCUT2D eigenvalue weighted by Crippen LogP contribution is 2.29. The smallest absolute Gasteiger partial charge is 0.161 e. The number of hydrogen-bond donors (Lipinski definition) is 2. The Morgan fingerprint density at radius 3 is 2.71 bits per heavy atom. The van der Waals surface area contributed by atoms with Gasteiger partial charge in [-0.1, -0.05) is 12.1 Å². The van der Waals surface area contributed by atoms with Crippen molar-refractivity contribution in [3.63, 3.8) is 0 Å². The molecule has 2 N–H and O–H groups in total. The first-order valence-corrected chi connectivity index (χ1v) is 10.7. The normalized spacial score (nSPS) is 15.7. The monoisotopic (exact) mass is 426 g/mol. The molecule has 1 fully saturated rings. The van der Waals surface area contributed by atoms with Crippen molar-refractivity contribution in [1.82, 2.24) is 14.6 Å². The molecule has 31 heavy (non-hydrogen) atoms. The molecule has 1 unspecified atom stereocenters. The fourth-order valence-electron chi connectivity index (χ4n) is 3.82. The van der Waals surface area contributed by atoms with Crippen LogP contribution in [0, 0.1) is 13.8 Å². The van der Waals surface area contributed by atoms with Crippen LogP contribution in [-0.4, -0.2) is 59.3 Å². The number of para-hydroxylation sites is 2. The van der Waals surface area contributed by atoms with Gasteiger partial charge in [0.05, 0.1) is 12.8 Å². The Bertz CT molecular complexity index is 1030. The van der Waals surface area contributed by atoms with Crippen LogP contribution in [0.15, 0.2) is 30.3 Å². The third kappa shape index (κ3) is 4.75. The van der Waals surface area contributed by atoms with Crippen LogP contribution in [0.25, 0.3) is 5.65 Å². The van der Waals surface area contributed by atoms with Crippen LogP contribution in [0.2, 0.25) is 0 Å². The van der Waals surface area contributed by atoms with E-state index in [0.29, 0.717) is 24.0 Å². The van der Waals surface area contributed by atoms with E-state index in [1.54, 1.807) is 7.11 Å². The highest BCUT2D eigenvalue weighted by atomic mass is 16.5. The number of aromatic nitrogens is 3. The van der Waals surface area contributed by atoms with Crippen LogP contribution >= 0.6 is 0 Å². The third-order valence-electron chi connectivity index (χ3n) is 5.75. The molecule has 1 aromatic carbocycles. The zero-order valence-electron chi connectivity index (χ0n) is 18.3. The summed E-state index contributed by atoms with van der Waals surface area (Å²) in [7, 11) is 1.60. The second-order valence-electron chi connectivity index (χ2n) is 7.89. The minimum absolute atomic E-state index is 0.145. The van der Waals surface area contributed by atoms with Gasteiger partial charge in [-0.3, -0.25) is 0 Å². The predicted molar refractivity (Wildman–Crippen MR) is 118 cm³/mol. The van der Waals surface area contributed by atoms with Gasteiger partial charge in [0.1, 0.15) is 18.5 Å². The summed E-state index contributed by atoms with van der Waals surface area (Å²) in [6.07, 6.45) is 1.24. The van der Waals surface area contributed by atoms with Crippen LogP contribution in [-0.2, 0) is 4.74 Å². The molecular formula is C23H30N4O4. The second-order valence-corrected chi connectivity index (χ2v) is 7.89. The van der Waals surface area contributed by atoms with Crippen molar-refractivity contribution >= 4 is 11.5 Å². The van der Waals surface area contributed by atoms with Gasteiger partial charge >= 0.3 is 0 Å². The largest absolute Gasteiger partial charge is 0.493 e. The minimum Gasteiger partial charge on any atom is -0.493 e. The Morgan fingerprint density at radius 2 is 1.97 bits per heavy atom. The lowest BCUT2D eigenvalue weighted by molar-refractivity contribution is 0.0844. The molecule has 1 aliphatic heterocycles. The average Bonchev–Trinajstić information content (AvgIpc) is 3.22. The van der Waals surface area contributed by atoms with Gasteiger partial charge in [-0.25, -0.2) is 4.98 Å². The van der Waals surface area contributed by atoms with E-state index in [9.17, 15) is 5.11 Å². The number of methoxy groups -OCH3 is 1. The van der Waals surface area contributed by atoms with Crippen molar-refractivity contribution in [1.29, 1.82) is 0 Å². The van der Waals surface area contributed by atoms with E-state index < -0.39 is 6.10 Å². The number of anilines is 1. The molecule has 0 amide bonds. The Balaban J connectivity index is 1.46. The van der Waals surface area contributed by atoms with Crippen molar-refractivity contribution < 1.29 is 19.3 Å². The number of aryl methyl sites for hydroxylation is 1. The van der Waals surface area contributed by atoms with Crippen molar-refractivity contribution in [2.75, 3.05) is 38.8 Å². The molecule has 8 heteroatoms. The fourth-order valence-corrected chi connectivity index (χ4v) is 3.82. The van der Waals surface area contributed by atoms with Gasteiger partial charge in [0.2, 0.25) is 0 Å². The van der Waals surface area contributed by atoms with Crippen molar-refractivity contribution in [3.8, 4) is 11.5 Å². The van der Waals surface area contributed by atoms with Gasteiger partial charge < -0.3 is 24.6 Å². The van der Waals surface area contributed by atoms with E-state index in [2.05, 4.69) is 11.4 Å². The summed E-state index contributed by atoms with van der Waals surface area (Å²) in [6.45, 7) is 6.01. The molecule has 1 aliphatic rings. The van der Waals surface area contributed by atoms with E-state index in [1.165, 1.54) is 0 Å². The molecule has 0 radical (unpaired) electrons. The highest BCUT2D eigenvalue weighted by molar-refractivity contribution is 5.56. The number of fused-ring (bicyclic) bond motifs is 1. The maximum Gasteiger partial charge on any atom is 0.161 e. The van der Waals surface area contributed by atoms with Gasteiger partial charge in [0, 0.05) is 43.0 Å². The lowest BCUT2D eigenvalue weighted by Gasteiger charge is -2.20. The van der Waals surface area contributed by atoms with Crippen molar-refractivity contribution in [3.05, 3.63) is 47.3 Å². The summed E-state index contributed by atoms with van der Waals surface area (Å²) >= 11 is 0. The Morgan fingerprint density at radius 1 is 1.23 bits per heavy atom. The number of hydrogen-bond acceptors (Lipinski definition) is 7. The van der Waals surface area contributed by atoms with Gasteiger partial charge in [-0.15, -0.1) is 0 Å². The number of aliphatic hydroxyl groups excluding tert-OH is 1. The molecule has 0 bridgehead atoms. The highest BCUT2D eigenvalue weighted by Gasteiger charge is 2.21. The molecule has 0 spiro atoms. The van der Waals surface area contributed by atoms with E-state index in [1.807, 2.05) is 42.6 Å². The molecule has 1 atom stereocenters. The average molecular weight is 427 g/mol. The molecule has 166 valence electrons. The molecule has 8 nitrogen and oxygen atoms in total. The molecule has 4 rings (SSSR count). The van der Waals surface area contributed by atoms with E-state index in [0.717, 1.165) is 54.5 Å². The van der Waals surface area contributed by atoms with E-state index >= 15 is 0 Å². The number of nitrogens with zero attached hydrogens (tertiary/aromatic N) is 3. The van der Waals surface area contributed by atoms with Gasteiger partial charge in [0.25, 0.3) is 0 Å².